The zero-order chi connectivity index (χ0) is 24.5. The maximum absolute atomic E-state index is 13.2. The molecule has 0 spiro atoms. The molecule has 1 fully saturated rings. The zero-order valence-corrected chi connectivity index (χ0v) is 20.2. The number of methoxy groups -OCH3 is 1. The Morgan fingerprint density at radius 1 is 0.971 bits per heavy atom. The summed E-state index contributed by atoms with van der Waals surface area (Å²) < 4.78 is 24.1. The maximum atomic E-state index is 13.2. The van der Waals surface area contributed by atoms with Crippen molar-refractivity contribution in [1.29, 1.82) is 0 Å². The van der Waals surface area contributed by atoms with E-state index >= 15 is 0 Å². The number of benzene rings is 3. The van der Waals surface area contributed by atoms with E-state index in [1.165, 1.54) is 24.8 Å². The summed E-state index contributed by atoms with van der Waals surface area (Å²) in [7, 11) is 1.41. The van der Waals surface area contributed by atoms with Crippen molar-refractivity contribution in [3.05, 3.63) is 101 Å². The average molecular weight is 477 g/mol. The molecule has 5 nitrogen and oxygen atoms in total. The van der Waals surface area contributed by atoms with Gasteiger partial charge in [-0.1, -0.05) is 54.6 Å². The number of carbonyl (C=O) groups excluding carboxylic acids is 1. The lowest BCUT2D eigenvalue weighted by Crippen LogP contribution is -2.35. The number of amides is 1. The number of rotatable bonds is 9. The molecule has 0 aliphatic carbocycles. The Hall–Kier alpha value is -3.38. The zero-order valence-electron chi connectivity index (χ0n) is 20.2. The second kappa shape index (κ2) is 12.4. The molecule has 35 heavy (non-hydrogen) atoms. The van der Waals surface area contributed by atoms with Crippen LogP contribution in [0.4, 0.5) is 9.18 Å². The van der Waals surface area contributed by atoms with Gasteiger partial charge >= 0.3 is 6.09 Å². The minimum Gasteiger partial charge on any atom is -0.492 e. The molecule has 0 N–H and O–H groups in total. The van der Waals surface area contributed by atoms with Crippen molar-refractivity contribution in [2.75, 3.05) is 33.4 Å². The molecule has 1 aliphatic rings. The van der Waals surface area contributed by atoms with Gasteiger partial charge in [0.05, 0.1) is 13.7 Å². The molecule has 1 saturated heterocycles. The summed E-state index contributed by atoms with van der Waals surface area (Å²) >= 11 is 0. The van der Waals surface area contributed by atoms with E-state index in [2.05, 4.69) is 23.1 Å². The minimum atomic E-state index is -0.356. The third-order valence-electron chi connectivity index (χ3n) is 6.57. The second-order valence-corrected chi connectivity index (χ2v) is 8.93. The summed E-state index contributed by atoms with van der Waals surface area (Å²) in [6.07, 6.45) is 1.74. The molecule has 3 aromatic carbocycles. The van der Waals surface area contributed by atoms with Gasteiger partial charge in [0.2, 0.25) is 0 Å². The fourth-order valence-corrected chi connectivity index (χ4v) is 4.69. The Bertz CT molecular complexity index is 1070. The first-order chi connectivity index (χ1) is 17.1. The van der Waals surface area contributed by atoms with Crippen LogP contribution >= 0.6 is 0 Å². The van der Waals surface area contributed by atoms with E-state index in [9.17, 15) is 9.18 Å². The van der Waals surface area contributed by atoms with Crippen LogP contribution < -0.4 is 4.74 Å². The molecule has 0 saturated carbocycles. The molecule has 1 aliphatic heterocycles. The molecule has 0 radical (unpaired) electrons. The summed E-state index contributed by atoms with van der Waals surface area (Å²) in [5.74, 6) is 1.03. The van der Waals surface area contributed by atoms with Gasteiger partial charge < -0.3 is 14.4 Å². The van der Waals surface area contributed by atoms with Gasteiger partial charge in [-0.2, -0.15) is 0 Å². The fraction of sp³-hybridized carbons (Fsp3) is 0.345. The lowest BCUT2D eigenvalue weighted by molar-refractivity contribution is 0.112. The quantitative estimate of drug-likeness (QED) is 0.388. The van der Waals surface area contributed by atoms with Gasteiger partial charge in [0, 0.05) is 13.1 Å². The summed E-state index contributed by atoms with van der Waals surface area (Å²) in [6.45, 7) is 4.13. The predicted molar refractivity (Wildman–Crippen MR) is 135 cm³/mol. The van der Waals surface area contributed by atoms with Crippen molar-refractivity contribution in [2.24, 2.45) is 0 Å². The van der Waals surface area contributed by atoms with Crippen LogP contribution in [0.2, 0.25) is 0 Å². The summed E-state index contributed by atoms with van der Waals surface area (Å²) in [4.78, 5) is 16.6. The number of nitrogens with zero attached hydrogens (tertiary/aromatic N) is 2. The van der Waals surface area contributed by atoms with E-state index in [1.807, 2.05) is 48.5 Å². The SMILES string of the molecule is COC(=O)N(CCOc1ccccc1)Cc1ccccc1C1CCN(Cc2ccc(F)cc2)CC1. The smallest absolute Gasteiger partial charge is 0.409 e. The van der Waals surface area contributed by atoms with Crippen LogP contribution in [-0.2, 0) is 17.8 Å². The van der Waals surface area contributed by atoms with Gasteiger partial charge in [-0.15, -0.1) is 0 Å². The van der Waals surface area contributed by atoms with Gasteiger partial charge in [0.15, 0.2) is 0 Å². The highest BCUT2D eigenvalue weighted by Crippen LogP contribution is 2.31. The summed E-state index contributed by atoms with van der Waals surface area (Å²) in [5, 5.41) is 0. The molecule has 1 heterocycles. The van der Waals surface area contributed by atoms with E-state index in [0.717, 1.165) is 49.4 Å². The number of piperidine rings is 1. The molecular weight excluding hydrogens is 443 g/mol. The number of likely N-dealkylation sites (tertiary alicyclic amines) is 1. The average Bonchev–Trinajstić information content (AvgIpc) is 2.90. The number of hydrogen-bond donors (Lipinski definition) is 0. The van der Waals surface area contributed by atoms with Crippen molar-refractivity contribution in [1.82, 2.24) is 9.80 Å². The lowest BCUT2D eigenvalue weighted by Gasteiger charge is -2.33. The van der Waals surface area contributed by atoms with Crippen LogP contribution in [0, 0.1) is 5.82 Å². The molecular formula is C29H33FN2O3. The van der Waals surface area contributed by atoms with Crippen LogP contribution in [-0.4, -0.2) is 49.2 Å². The number of halogens is 1. The van der Waals surface area contributed by atoms with E-state index in [-0.39, 0.29) is 11.9 Å². The third-order valence-corrected chi connectivity index (χ3v) is 6.57. The van der Waals surface area contributed by atoms with Crippen molar-refractivity contribution in [2.45, 2.75) is 31.8 Å². The van der Waals surface area contributed by atoms with E-state index < -0.39 is 0 Å². The highest BCUT2D eigenvalue weighted by atomic mass is 19.1. The van der Waals surface area contributed by atoms with Crippen LogP contribution in [0.1, 0.15) is 35.4 Å². The first-order valence-electron chi connectivity index (χ1n) is 12.2. The number of hydrogen-bond acceptors (Lipinski definition) is 4. The minimum absolute atomic E-state index is 0.198. The summed E-state index contributed by atoms with van der Waals surface area (Å²) in [5.41, 5.74) is 3.58. The topological polar surface area (TPSA) is 42.0 Å². The van der Waals surface area contributed by atoms with Gasteiger partial charge in [-0.3, -0.25) is 4.90 Å². The van der Waals surface area contributed by atoms with E-state index in [0.29, 0.717) is 25.6 Å². The molecule has 1 amide bonds. The van der Waals surface area contributed by atoms with Gasteiger partial charge in [-0.05, 0) is 72.8 Å². The molecule has 6 heteroatoms. The highest BCUT2D eigenvalue weighted by Gasteiger charge is 2.24. The van der Waals surface area contributed by atoms with Crippen molar-refractivity contribution in [3.8, 4) is 5.75 Å². The van der Waals surface area contributed by atoms with E-state index in [4.69, 9.17) is 9.47 Å². The second-order valence-electron chi connectivity index (χ2n) is 8.93. The normalized spacial score (nSPS) is 14.5. The molecule has 4 rings (SSSR count). The molecule has 0 bridgehead atoms. The summed E-state index contributed by atoms with van der Waals surface area (Å²) in [6, 6.07) is 24.8. The number of ether oxygens (including phenoxy) is 2. The Balaban J connectivity index is 1.36. The first kappa shape index (κ1) is 24.7. The van der Waals surface area contributed by atoms with Crippen molar-refractivity contribution >= 4 is 6.09 Å². The Morgan fingerprint density at radius 3 is 2.37 bits per heavy atom. The van der Waals surface area contributed by atoms with Crippen LogP contribution in [0.5, 0.6) is 5.75 Å². The maximum Gasteiger partial charge on any atom is 0.409 e. The Labute approximate surface area is 207 Å². The van der Waals surface area contributed by atoms with Gasteiger partial charge in [-0.25, -0.2) is 9.18 Å². The van der Waals surface area contributed by atoms with Crippen molar-refractivity contribution < 1.29 is 18.7 Å². The Kier molecular flexibility index (Phi) is 8.74. The standard InChI is InChI=1S/C29H33FN2O3/c1-34-29(33)32(19-20-35-27-8-3-2-4-9-27)22-25-7-5-6-10-28(25)24-15-17-31(18-16-24)21-23-11-13-26(30)14-12-23/h2-14,24H,15-22H2,1H3. The van der Waals surface area contributed by atoms with Crippen LogP contribution in [0.25, 0.3) is 0 Å². The van der Waals surface area contributed by atoms with Crippen LogP contribution in [0.3, 0.4) is 0 Å². The largest absolute Gasteiger partial charge is 0.492 e. The molecule has 0 unspecified atom stereocenters. The fourth-order valence-electron chi connectivity index (χ4n) is 4.69. The first-order valence-corrected chi connectivity index (χ1v) is 12.2. The number of para-hydroxylation sites is 1. The molecule has 3 aromatic rings. The molecule has 184 valence electrons. The van der Waals surface area contributed by atoms with E-state index in [1.54, 1.807) is 4.90 Å². The number of carbonyl (C=O) groups is 1. The monoisotopic (exact) mass is 476 g/mol. The molecule has 0 aromatic heterocycles. The van der Waals surface area contributed by atoms with Crippen molar-refractivity contribution in [3.63, 3.8) is 0 Å². The molecule has 0 atom stereocenters. The predicted octanol–water partition coefficient (Wildman–Crippen LogP) is 5.85. The third kappa shape index (κ3) is 7.06. The van der Waals surface area contributed by atoms with Crippen LogP contribution in [0.15, 0.2) is 78.9 Å². The van der Waals surface area contributed by atoms with Gasteiger partial charge in [0.25, 0.3) is 0 Å². The lowest BCUT2D eigenvalue weighted by atomic mass is 9.86. The Morgan fingerprint density at radius 2 is 1.66 bits per heavy atom. The highest BCUT2D eigenvalue weighted by molar-refractivity contribution is 5.67. The van der Waals surface area contributed by atoms with Gasteiger partial charge in [0.1, 0.15) is 18.2 Å².